The van der Waals surface area contributed by atoms with Crippen LogP contribution in [0.25, 0.3) is 10.9 Å². The van der Waals surface area contributed by atoms with Crippen LogP contribution in [0, 0.1) is 10.1 Å². The molecule has 1 heterocycles. The third kappa shape index (κ3) is 2.46. The van der Waals surface area contributed by atoms with Crippen molar-refractivity contribution in [3.05, 3.63) is 64.2 Å². The predicted molar refractivity (Wildman–Crippen MR) is 80.3 cm³/mol. The Morgan fingerprint density at radius 3 is 2.81 bits per heavy atom. The van der Waals surface area contributed by atoms with Crippen LogP contribution in [0.1, 0.15) is 5.56 Å². The maximum Gasteiger partial charge on any atom is 0.271 e. The van der Waals surface area contributed by atoms with Crippen molar-refractivity contribution in [1.29, 1.82) is 0 Å². The maximum absolute atomic E-state index is 10.7. The number of non-ortho nitro benzene ring substituents is 1. The Labute approximate surface area is 119 Å². The summed E-state index contributed by atoms with van der Waals surface area (Å²) >= 11 is 0. The third-order valence-electron chi connectivity index (χ3n) is 3.11. The molecule has 1 aromatic heterocycles. The van der Waals surface area contributed by atoms with Crippen LogP contribution in [0.5, 0.6) is 5.88 Å². The highest BCUT2D eigenvalue weighted by Gasteiger charge is 2.08. The Morgan fingerprint density at radius 2 is 2.00 bits per heavy atom. The third-order valence-corrected chi connectivity index (χ3v) is 3.11. The van der Waals surface area contributed by atoms with Crippen molar-refractivity contribution in [1.82, 2.24) is 4.98 Å². The second kappa shape index (κ2) is 5.09. The summed E-state index contributed by atoms with van der Waals surface area (Å²) in [6.45, 7) is 0. The molecule has 6 nitrogen and oxygen atoms in total. The molecular formula is C15H11N3O3. The molecule has 0 atom stereocenters. The Bertz CT molecular complexity index is 852. The van der Waals surface area contributed by atoms with Crippen molar-refractivity contribution >= 4 is 28.5 Å². The van der Waals surface area contributed by atoms with E-state index in [1.807, 2.05) is 24.3 Å². The van der Waals surface area contributed by atoms with E-state index in [0.717, 1.165) is 10.9 Å². The van der Waals surface area contributed by atoms with Crippen LogP contribution in [0.3, 0.4) is 0 Å². The van der Waals surface area contributed by atoms with E-state index in [1.165, 1.54) is 18.3 Å². The van der Waals surface area contributed by atoms with Crippen LogP contribution in [0.15, 0.2) is 53.5 Å². The fourth-order valence-corrected chi connectivity index (χ4v) is 2.11. The second-order valence-electron chi connectivity index (χ2n) is 4.47. The number of para-hydroxylation sites is 1. The zero-order valence-corrected chi connectivity index (χ0v) is 10.9. The lowest BCUT2D eigenvalue weighted by molar-refractivity contribution is -0.384. The van der Waals surface area contributed by atoms with Gasteiger partial charge in [0.25, 0.3) is 5.69 Å². The lowest BCUT2D eigenvalue weighted by Gasteiger charge is -1.95. The van der Waals surface area contributed by atoms with Crippen molar-refractivity contribution in [3.8, 4) is 5.88 Å². The summed E-state index contributed by atoms with van der Waals surface area (Å²) in [7, 11) is 0. The molecule has 0 saturated heterocycles. The number of nitrogens with zero attached hydrogens (tertiary/aromatic N) is 2. The molecule has 3 aromatic rings. The molecule has 21 heavy (non-hydrogen) atoms. The van der Waals surface area contributed by atoms with Crippen molar-refractivity contribution in [2.24, 2.45) is 4.99 Å². The van der Waals surface area contributed by atoms with Gasteiger partial charge in [0.05, 0.1) is 16.2 Å². The molecule has 0 aliphatic carbocycles. The molecule has 0 saturated carbocycles. The highest BCUT2D eigenvalue weighted by Crippen LogP contribution is 2.26. The zero-order valence-electron chi connectivity index (χ0n) is 10.9. The first-order chi connectivity index (χ1) is 10.1. The molecule has 2 N–H and O–H groups in total. The van der Waals surface area contributed by atoms with E-state index in [9.17, 15) is 15.2 Å². The quantitative estimate of drug-likeness (QED) is 0.437. The molecule has 2 aromatic carbocycles. The second-order valence-corrected chi connectivity index (χ2v) is 4.47. The Balaban J connectivity index is 2.00. The summed E-state index contributed by atoms with van der Waals surface area (Å²) < 4.78 is 0. The van der Waals surface area contributed by atoms with Crippen LogP contribution in [0.4, 0.5) is 11.4 Å². The Hall–Kier alpha value is -3.15. The standard InChI is InChI=1S/C15H11N3O3/c19-15-13(12-6-1-2-7-14(12)17-15)9-16-10-4-3-5-11(8-10)18(20)21/h1-9,17,19H/b16-9+. The highest BCUT2D eigenvalue weighted by molar-refractivity contribution is 6.02. The molecule has 104 valence electrons. The zero-order chi connectivity index (χ0) is 14.8. The van der Waals surface area contributed by atoms with Gasteiger partial charge < -0.3 is 10.1 Å². The van der Waals surface area contributed by atoms with E-state index in [-0.39, 0.29) is 11.6 Å². The molecule has 0 amide bonds. The van der Waals surface area contributed by atoms with Crippen LogP contribution in [-0.2, 0) is 0 Å². The number of benzene rings is 2. The lowest BCUT2D eigenvalue weighted by Crippen LogP contribution is -1.86. The fraction of sp³-hybridized carbons (Fsp3) is 0. The summed E-state index contributed by atoms with van der Waals surface area (Å²) in [4.78, 5) is 17.3. The van der Waals surface area contributed by atoms with Gasteiger partial charge in [-0.05, 0) is 12.1 Å². The topological polar surface area (TPSA) is 91.5 Å². The van der Waals surface area contributed by atoms with E-state index in [2.05, 4.69) is 9.98 Å². The maximum atomic E-state index is 10.7. The molecule has 0 bridgehead atoms. The van der Waals surface area contributed by atoms with Gasteiger partial charge in [-0.3, -0.25) is 15.1 Å². The normalized spacial score (nSPS) is 11.2. The molecule has 6 heteroatoms. The molecule has 0 aliphatic rings. The Morgan fingerprint density at radius 1 is 1.19 bits per heavy atom. The minimum atomic E-state index is -0.470. The monoisotopic (exact) mass is 281 g/mol. The number of fused-ring (bicyclic) bond motifs is 1. The van der Waals surface area contributed by atoms with E-state index < -0.39 is 4.92 Å². The molecule has 0 aliphatic heterocycles. The minimum absolute atomic E-state index is 0.0189. The van der Waals surface area contributed by atoms with Gasteiger partial charge in [-0.1, -0.05) is 24.3 Å². The molecule has 0 unspecified atom stereocenters. The van der Waals surface area contributed by atoms with Gasteiger partial charge in [0.15, 0.2) is 5.88 Å². The van der Waals surface area contributed by atoms with Crippen molar-refractivity contribution < 1.29 is 10.0 Å². The number of aromatic amines is 1. The number of hydrogen-bond donors (Lipinski definition) is 2. The predicted octanol–water partition coefficient (Wildman–Crippen LogP) is 3.53. The van der Waals surface area contributed by atoms with Crippen LogP contribution >= 0.6 is 0 Å². The first-order valence-electron chi connectivity index (χ1n) is 6.23. The van der Waals surface area contributed by atoms with Crippen molar-refractivity contribution in [2.75, 3.05) is 0 Å². The first kappa shape index (κ1) is 12.9. The van der Waals surface area contributed by atoms with E-state index >= 15 is 0 Å². The van der Waals surface area contributed by atoms with E-state index in [1.54, 1.807) is 12.1 Å². The average Bonchev–Trinajstić information content (AvgIpc) is 2.81. The van der Waals surface area contributed by atoms with E-state index in [0.29, 0.717) is 11.3 Å². The summed E-state index contributed by atoms with van der Waals surface area (Å²) in [6.07, 6.45) is 1.49. The summed E-state index contributed by atoms with van der Waals surface area (Å²) in [5.74, 6) is 0.0189. The molecule has 3 rings (SSSR count). The molecule has 0 spiro atoms. The van der Waals surface area contributed by atoms with Gasteiger partial charge in [-0.15, -0.1) is 0 Å². The number of nitro groups is 1. The van der Waals surface area contributed by atoms with Crippen LogP contribution in [0.2, 0.25) is 0 Å². The number of hydrogen-bond acceptors (Lipinski definition) is 4. The summed E-state index contributed by atoms with van der Waals surface area (Å²) in [5, 5.41) is 21.5. The van der Waals surface area contributed by atoms with Crippen LogP contribution in [-0.4, -0.2) is 21.2 Å². The van der Waals surface area contributed by atoms with Crippen LogP contribution < -0.4 is 0 Å². The number of rotatable bonds is 3. The highest BCUT2D eigenvalue weighted by atomic mass is 16.6. The van der Waals surface area contributed by atoms with Gasteiger partial charge in [0.2, 0.25) is 0 Å². The lowest BCUT2D eigenvalue weighted by atomic mass is 10.2. The average molecular weight is 281 g/mol. The van der Waals surface area contributed by atoms with Gasteiger partial charge in [-0.2, -0.15) is 0 Å². The van der Waals surface area contributed by atoms with Crippen molar-refractivity contribution in [3.63, 3.8) is 0 Å². The fourth-order valence-electron chi connectivity index (χ4n) is 2.11. The first-order valence-corrected chi connectivity index (χ1v) is 6.23. The van der Waals surface area contributed by atoms with Gasteiger partial charge >= 0.3 is 0 Å². The molecular weight excluding hydrogens is 270 g/mol. The van der Waals surface area contributed by atoms with E-state index in [4.69, 9.17) is 0 Å². The number of aromatic hydroxyl groups is 1. The SMILES string of the molecule is O=[N+]([O-])c1cccc(/N=C/c2c(O)[nH]c3ccccc23)c1. The van der Waals surface area contributed by atoms with Gasteiger partial charge in [-0.25, -0.2) is 0 Å². The minimum Gasteiger partial charge on any atom is -0.494 e. The number of nitro benzene ring substituents is 1. The van der Waals surface area contributed by atoms with Gasteiger partial charge in [0.1, 0.15) is 0 Å². The number of aromatic nitrogens is 1. The number of aliphatic imine (C=N–C) groups is 1. The largest absolute Gasteiger partial charge is 0.494 e. The molecule has 0 fully saturated rings. The van der Waals surface area contributed by atoms with Gasteiger partial charge in [0, 0.05) is 29.3 Å². The Kier molecular flexibility index (Phi) is 3.12. The van der Waals surface area contributed by atoms with Crippen molar-refractivity contribution in [2.45, 2.75) is 0 Å². The smallest absolute Gasteiger partial charge is 0.271 e. The summed E-state index contributed by atoms with van der Waals surface area (Å²) in [5.41, 5.74) is 1.79. The number of nitrogens with one attached hydrogen (secondary N) is 1. The summed E-state index contributed by atoms with van der Waals surface area (Å²) in [6, 6.07) is 13.4. The number of H-pyrrole nitrogens is 1. The molecule has 0 radical (unpaired) electrons.